The number of nitrogens with one attached hydrogen (secondary N) is 2. The van der Waals surface area contributed by atoms with Gasteiger partial charge in [0.05, 0.1) is 30.9 Å². The fraction of sp³-hybridized carbons (Fsp3) is 0.760. The molecule has 9 aliphatic rings. The monoisotopic (exact) mass is 887 g/mol. The maximum atomic E-state index is 15.0. The summed E-state index contributed by atoms with van der Waals surface area (Å²) in [7, 11) is 0. The fourth-order valence-electron chi connectivity index (χ4n) is 12.7. The maximum absolute atomic E-state index is 15.0. The Morgan fingerprint density at radius 1 is 0.969 bits per heavy atom. The van der Waals surface area contributed by atoms with E-state index in [0.717, 1.165) is 68.9 Å². The van der Waals surface area contributed by atoms with Crippen LogP contribution < -0.4 is 10.6 Å². The molecule has 2 amide bonds. The number of fused-ring (bicyclic) bond motifs is 6. The molecule has 14 heteroatoms. The lowest BCUT2D eigenvalue weighted by atomic mass is 9.52. The molecule has 0 radical (unpaired) electrons. The number of amides is 2. The summed E-state index contributed by atoms with van der Waals surface area (Å²) < 4.78 is 31.9. The van der Waals surface area contributed by atoms with Gasteiger partial charge in [-0.25, -0.2) is 0 Å². The third-order valence-electron chi connectivity index (χ3n) is 16.4. The van der Waals surface area contributed by atoms with Crippen molar-refractivity contribution in [3.05, 3.63) is 41.0 Å². The van der Waals surface area contributed by atoms with Crippen molar-refractivity contribution in [3.8, 4) is 0 Å². The van der Waals surface area contributed by atoms with E-state index in [-0.39, 0.29) is 74.1 Å². The summed E-state index contributed by atoms with van der Waals surface area (Å²) in [6.45, 7) is 12.3. The third-order valence-corrected chi connectivity index (χ3v) is 16.4. The van der Waals surface area contributed by atoms with Crippen molar-refractivity contribution in [3.63, 3.8) is 0 Å². The van der Waals surface area contributed by atoms with Crippen LogP contribution in [0.1, 0.15) is 136 Å². The summed E-state index contributed by atoms with van der Waals surface area (Å²) in [5.41, 5.74) is 1.75. The molecule has 1 aromatic rings. The number of aliphatic hydroxyl groups excluding tert-OH is 1. The molecular weight excluding hydrogens is 819 g/mol. The van der Waals surface area contributed by atoms with E-state index >= 15 is 0 Å². The number of carbonyl (C=O) groups is 4. The summed E-state index contributed by atoms with van der Waals surface area (Å²) >= 11 is 0. The summed E-state index contributed by atoms with van der Waals surface area (Å²) in [5, 5.41) is 17.4. The zero-order valence-corrected chi connectivity index (χ0v) is 38.5. The Kier molecular flexibility index (Phi) is 11.2. The van der Waals surface area contributed by atoms with Crippen LogP contribution in [0.15, 0.2) is 29.8 Å². The van der Waals surface area contributed by atoms with E-state index in [0.29, 0.717) is 17.9 Å². The predicted molar refractivity (Wildman–Crippen MR) is 232 cm³/mol. The molecular formula is C50H69N3O11. The molecule has 64 heavy (non-hydrogen) atoms. The third kappa shape index (κ3) is 8.03. The van der Waals surface area contributed by atoms with E-state index < -0.39 is 71.1 Å². The Morgan fingerprint density at radius 2 is 1.70 bits per heavy atom. The molecule has 5 aliphatic carbocycles. The molecule has 10 rings (SSSR count). The number of esters is 2. The average Bonchev–Trinajstić information content (AvgIpc) is 4.18. The molecule has 5 saturated carbocycles. The Bertz CT molecular complexity index is 2050. The lowest BCUT2D eigenvalue weighted by Crippen LogP contribution is -2.69. The number of aliphatic hydroxyl groups is 1. The van der Waals surface area contributed by atoms with Crippen molar-refractivity contribution in [1.82, 2.24) is 15.7 Å². The maximum Gasteiger partial charge on any atom is 0.327 e. The molecule has 11 atom stereocenters. The van der Waals surface area contributed by atoms with E-state index in [4.69, 9.17) is 28.5 Å². The minimum absolute atomic E-state index is 0.00673. The second-order valence-corrected chi connectivity index (χ2v) is 22.6. The number of epoxide rings is 1. The van der Waals surface area contributed by atoms with Crippen LogP contribution in [0.2, 0.25) is 0 Å². The van der Waals surface area contributed by atoms with Crippen LogP contribution in [0.25, 0.3) is 6.08 Å². The molecule has 4 saturated heterocycles. The highest BCUT2D eigenvalue weighted by atomic mass is 16.8. The first-order valence-electron chi connectivity index (χ1n) is 24.3. The predicted octanol–water partition coefficient (Wildman–Crippen LogP) is 5.67. The van der Waals surface area contributed by atoms with Crippen LogP contribution >= 0.6 is 0 Å². The minimum Gasteiger partial charge on any atom is -0.460 e. The van der Waals surface area contributed by atoms with E-state index in [1.165, 1.54) is 5.57 Å². The van der Waals surface area contributed by atoms with Crippen molar-refractivity contribution < 1.29 is 52.8 Å². The molecule has 4 aliphatic heterocycles. The first-order valence-corrected chi connectivity index (χ1v) is 24.3. The molecule has 0 aromatic heterocycles. The van der Waals surface area contributed by atoms with E-state index in [1.54, 1.807) is 25.8 Å². The highest BCUT2D eigenvalue weighted by Crippen LogP contribution is 2.64. The first-order chi connectivity index (χ1) is 30.4. The number of allylic oxidation sites excluding steroid dienone is 1. The smallest absolute Gasteiger partial charge is 0.327 e. The van der Waals surface area contributed by atoms with Crippen molar-refractivity contribution in [2.75, 3.05) is 13.2 Å². The molecule has 2 bridgehead atoms. The zero-order valence-electron chi connectivity index (χ0n) is 38.5. The highest BCUT2D eigenvalue weighted by Gasteiger charge is 2.78. The second-order valence-electron chi connectivity index (χ2n) is 22.6. The van der Waals surface area contributed by atoms with Gasteiger partial charge in [0.15, 0.2) is 11.8 Å². The molecule has 1 aromatic carbocycles. The topological polar surface area (TPSA) is 174 Å². The van der Waals surface area contributed by atoms with Crippen molar-refractivity contribution in [1.29, 1.82) is 0 Å². The molecule has 14 nitrogen and oxygen atoms in total. The van der Waals surface area contributed by atoms with Gasteiger partial charge in [0, 0.05) is 37.6 Å². The summed E-state index contributed by atoms with van der Waals surface area (Å²) in [4.78, 5) is 61.9. The standard InChI is InChI=1S/C50H69N3O11/c1-46(2,3)61-39(56)18-16-33(27-54)52-38(55)20-22-51-45(58)49-25-36-40-41(63-50(62-40,31-12-13-31)32-14-15-32)43(49)64-53(42(49)44(57)59-36)26-30-10-8-7-9-28(30)23-29-11-17-37-48(6,60-37)21-19-35-34(29)24-47(35,4)5/h7-10,23,31-37,40-43,54H,11-22,24-27H2,1-6H3,(H,51,58)(H,52,55). The Hall–Kier alpha value is -3.40. The van der Waals surface area contributed by atoms with E-state index in [1.807, 2.05) is 6.07 Å². The van der Waals surface area contributed by atoms with Crippen LogP contribution in [0.3, 0.4) is 0 Å². The number of hydrogen-bond donors (Lipinski definition) is 3. The van der Waals surface area contributed by atoms with E-state index in [2.05, 4.69) is 55.7 Å². The Labute approximate surface area is 377 Å². The summed E-state index contributed by atoms with van der Waals surface area (Å²) in [5.74, 6) is -0.900. The summed E-state index contributed by atoms with van der Waals surface area (Å²) in [6.07, 6.45) is 9.68. The Morgan fingerprint density at radius 3 is 2.41 bits per heavy atom. The average molecular weight is 888 g/mol. The lowest BCUT2D eigenvalue weighted by Gasteiger charge is -2.53. The number of carbonyl (C=O) groups excluding carboxylic acids is 4. The first kappa shape index (κ1) is 44.4. The van der Waals surface area contributed by atoms with Crippen molar-refractivity contribution in [2.24, 2.45) is 34.5 Å². The molecule has 4 heterocycles. The second kappa shape index (κ2) is 16.1. The van der Waals surface area contributed by atoms with Crippen LogP contribution in [0.4, 0.5) is 0 Å². The molecule has 9 fully saturated rings. The van der Waals surface area contributed by atoms with Gasteiger partial charge in [-0.3, -0.25) is 24.0 Å². The number of hydroxylamine groups is 2. The number of rotatable bonds is 14. The lowest BCUT2D eigenvalue weighted by molar-refractivity contribution is -0.235. The van der Waals surface area contributed by atoms with Gasteiger partial charge in [-0.05, 0) is 120 Å². The zero-order chi connectivity index (χ0) is 45.0. The Balaban J connectivity index is 0.895. The van der Waals surface area contributed by atoms with Gasteiger partial charge in [-0.15, -0.1) is 0 Å². The molecule has 350 valence electrons. The summed E-state index contributed by atoms with van der Waals surface area (Å²) in [6, 6.07) is 6.55. The number of hydrogen-bond acceptors (Lipinski definition) is 12. The molecule has 11 unspecified atom stereocenters. The van der Waals surface area contributed by atoms with Gasteiger partial charge < -0.3 is 39.4 Å². The van der Waals surface area contributed by atoms with Gasteiger partial charge in [-0.2, -0.15) is 5.06 Å². The van der Waals surface area contributed by atoms with Gasteiger partial charge in [0.1, 0.15) is 35.4 Å². The van der Waals surface area contributed by atoms with Crippen molar-refractivity contribution in [2.45, 2.75) is 191 Å². The highest BCUT2D eigenvalue weighted by molar-refractivity contribution is 5.94. The minimum atomic E-state index is -1.38. The van der Waals surface area contributed by atoms with Gasteiger partial charge in [0.2, 0.25) is 11.8 Å². The largest absolute Gasteiger partial charge is 0.460 e. The van der Waals surface area contributed by atoms with Gasteiger partial charge in [-0.1, -0.05) is 49.8 Å². The quantitative estimate of drug-likeness (QED) is 0.155. The number of nitrogens with zero attached hydrogens (tertiary/aromatic N) is 1. The normalized spacial score (nSPS) is 37.9. The van der Waals surface area contributed by atoms with Gasteiger partial charge in [0.25, 0.3) is 0 Å². The molecule has 0 spiro atoms. The van der Waals surface area contributed by atoms with Crippen LogP contribution in [-0.4, -0.2) is 107 Å². The number of ether oxygens (including phenoxy) is 5. The van der Waals surface area contributed by atoms with E-state index in [9.17, 15) is 24.3 Å². The SMILES string of the molecule is CC(C)(C)OC(=O)CCC(CO)NC(=O)CCNC(=O)C12CC3OC(=O)C1N(Cc1ccccc1C=C1CCC4OC4(C)CCC4C1CC4(C)C)OC2C1OC(C2CC2)(C2CC2)OC31. The fourth-order valence-corrected chi connectivity index (χ4v) is 12.7. The van der Waals surface area contributed by atoms with Crippen LogP contribution in [0, 0.1) is 34.5 Å². The molecule has 3 N–H and O–H groups in total. The van der Waals surface area contributed by atoms with Crippen LogP contribution in [-0.2, 0) is 54.2 Å². The van der Waals surface area contributed by atoms with Crippen molar-refractivity contribution >= 4 is 29.8 Å². The van der Waals surface area contributed by atoms with Gasteiger partial charge >= 0.3 is 11.9 Å². The van der Waals surface area contributed by atoms with Crippen LogP contribution in [0.5, 0.6) is 0 Å². The number of benzene rings is 1.